The molecule has 0 aliphatic heterocycles. The highest BCUT2D eigenvalue weighted by atomic mass is 32.2. The molecular weight excluding hydrogens is 172 g/mol. The van der Waals surface area contributed by atoms with Crippen LogP contribution in [0.25, 0.3) is 0 Å². The van der Waals surface area contributed by atoms with E-state index in [1.165, 1.54) is 11.8 Å². The fourth-order valence-corrected chi connectivity index (χ4v) is 1.21. The smallest absolute Gasteiger partial charge is 0.152 e. The van der Waals surface area contributed by atoms with Crippen molar-refractivity contribution in [2.45, 2.75) is 13.5 Å². The van der Waals surface area contributed by atoms with Crippen molar-refractivity contribution in [2.75, 3.05) is 6.26 Å². The van der Waals surface area contributed by atoms with Crippen LogP contribution in [-0.2, 0) is 21.9 Å². The largest absolute Gasteiger partial charge is 0.286 e. The van der Waals surface area contributed by atoms with Gasteiger partial charge in [-0.3, -0.25) is 4.18 Å². The van der Waals surface area contributed by atoms with Crippen molar-refractivity contribution in [1.82, 2.24) is 0 Å². The van der Waals surface area contributed by atoms with Crippen molar-refractivity contribution in [1.29, 1.82) is 0 Å². The zero-order valence-electron chi connectivity index (χ0n) is 7.24. The quantitative estimate of drug-likeness (QED) is 0.716. The number of aryl methyl sites for hydroxylation is 1. The summed E-state index contributed by atoms with van der Waals surface area (Å²) in [4.78, 5) is 0. The minimum absolute atomic E-state index is 0.426. The van der Waals surface area contributed by atoms with Gasteiger partial charge in [-0.2, -0.15) is 0 Å². The molecule has 0 saturated carbocycles. The Balaban J connectivity index is 2.63. The van der Waals surface area contributed by atoms with Crippen LogP contribution >= 0.6 is 0 Å². The summed E-state index contributed by atoms with van der Waals surface area (Å²) in [6.45, 7) is 2.44. The van der Waals surface area contributed by atoms with Crippen LogP contribution in [0.4, 0.5) is 0 Å². The van der Waals surface area contributed by atoms with Crippen molar-refractivity contribution in [3.8, 4) is 0 Å². The van der Waals surface area contributed by atoms with E-state index in [2.05, 4.69) is 0 Å². The molecule has 12 heavy (non-hydrogen) atoms. The monoisotopic (exact) mass is 184 g/mol. The van der Waals surface area contributed by atoms with Gasteiger partial charge >= 0.3 is 0 Å². The van der Waals surface area contributed by atoms with Crippen LogP contribution < -0.4 is 0 Å². The van der Waals surface area contributed by atoms with Gasteiger partial charge in [-0.15, -0.1) is 0 Å². The molecule has 1 atom stereocenters. The van der Waals surface area contributed by atoms with Crippen molar-refractivity contribution in [2.24, 2.45) is 0 Å². The maximum atomic E-state index is 10.6. The molecule has 1 aromatic rings. The van der Waals surface area contributed by atoms with Gasteiger partial charge in [0.05, 0.1) is 6.61 Å². The van der Waals surface area contributed by atoms with Gasteiger partial charge in [-0.1, -0.05) is 24.3 Å². The molecule has 0 N–H and O–H groups in total. The van der Waals surface area contributed by atoms with Crippen LogP contribution in [0.2, 0.25) is 0 Å². The maximum absolute atomic E-state index is 10.6. The van der Waals surface area contributed by atoms with Crippen LogP contribution in [0.15, 0.2) is 24.3 Å². The Morgan fingerprint density at radius 3 is 2.67 bits per heavy atom. The van der Waals surface area contributed by atoms with Gasteiger partial charge in [0.2, 0.25) is 0 Å². The Labute approximate surface area is 75.2 Å². The second-order valence-electron chi connectivity index (χ2n) is 2.59. The average molecular weight is 184 g/mol. The summed E-state index contributed by atoms with van der Waals surface area (Å²) in [6, 6.07) is 7.91. The summed E-state index contributed by atoms with van der Waals surface area (Å²) in [6.07, 6.45) is 1.53. The van der Waals surface area contributed by atoms with Gasteiger partial charge in [0.25, 0.3) is 0 Å². The number of hydrogen-bond donors (Lipinski definition) is 0. The summed E-state index contributed by atoms with van der Waals surface area (Å²) in [5.41, 5.74) is 2.26. The highest BCUT2D eigenvalue weighted by molar-refractivity contribution is 7.79. The third-order valence-electron chi connectivity index (χ3n) is 1.64. The molecule has 0 aliphatic rings. The van der Waals surface area contributed by atoms with Crippen LogP contribution in [0, 0.1) is 6.92 Å². The van der Waals surface area contributed by atoms with E-state index in [9.17, 15) is 4.21 Å². The van der Waals surface area contributed by atoms with Crippen LogP contribution in [0.5, 0.6) is 0 Å². The lowest BCUT2D eigenvalue weighted by Crippen LogP contribution is -1.96. The third-order valence-corrected chi connectivity index (χ3v) is 2.09. The zero-order valence-corrected chi connectivity index (χ0v) is 8.06. The van der Waals surface area contributed by atoms with E-state index in [4.69, 9.17) is 4.18 Å². The molecular formula is C9H12O2S. The lowest BCUT2D eigenvalue weighted by molar-refractivity contribution is 0.339. The van der Waals surface area contributed by atoms with Gasteiger partial charge in [-0.05, 0) is 18.1 Å². The van der Waals surface area contributed by atoms with Crippen molar-refractivity contribution in [3.63, 3.8) is 0 Å². The van der Waals surface area contributed by atoms with E-state index in [0.717, 1.165) is 5.56 Å². The molecule has 1 aromatic carbocycles. The van der Waals surface area contributed by atoms with Crippen LogP contribution in [0.3, 0.4) is 0 Å². The van der Waals surface area contributed by atoms with E-state index in [1.54, 1.807) is 0 Å². The van der Waals surface area contributed by atoms with Gasteiger partial charge in [0.15, 0.2) is 11.1 Å². The molecule has 0 heterocycles. The molecule has 1 unspecified atom stereocenters. The second-order valence-corrected chi connectivity index (χ2v) is 3.63. The number of benzene rings is 1. The topological polar surface area (TPSA) is 26.3 Å². The fourth-order valence-electron chi connectivity index (χ4n) is 0.918. The highest BCUT2D eigenvalue weighted by Crippen LogP contribution is 2.08. The van der Waals surface area contributed by atoms with E-state index in [0.29, 0.717) is 6.61 Å². The molecule has 66 valence electrons. The van der Waals surface area contributed by atoms with Crippen molar-refractivity contribution in [3.05, 3.63) is 35.4 Å². The molecule has 2 nitrogen and oxygen atoms in total. The Kier molecular flexibility index (Phi) is 3.44. The molecule has 0 radical (unpaired) electrons. The molecule has 0 aliphatic carbocycles. The first-order valence-corrected chi connectivity index (χ1v) is 5.19. The molecule has 0 spiro atoms. The number of rotatable bonds is 3. The van der Waals surface area contributed by atoms with Crippen LogP contribution in [-0.4, -0.2) is 10.5 Å². The first-order chi connectivity index (χ1) is 5.70. The standard InChI is InChI=1S/C9H12O2S/c1-8-5-3-4-6-9(8)7-11-12(2)10/h3-6H,7H2,1-2H3. The molecule has 0 amide bonds. The lowest BCUT2D eigenvalue weighted by atomic mass is 10.1. The minimum Gasteiger partial charge on any atom is -0.286 e. The molecule has 3 heteroatoms. The molecule has 0 saturated heterocycles. The molecule has 0 aromatic heterocycles. The predicted molar refractivity (Wildman–Crippen MR) is 50.0 cm³/mol. The maximum Gasteiger partial charge on any atom is 0.152 e. The Morgan fingerprint density at radius 2 is 2.08 bits per heavy atom. The zero-order chi connectivity index (χ0) is 8.97. The molecule has 0 fully saturated rings. The summed E-state index contributed by atoms with van der Waals surface area (Å²) in [5, 5.41) is 0. The normalized spacial score (nSPS) is 12.8. The average Bonchev–Trinajstić information content (AvgIpc) is 2.03. The Bertz CT molecular complexity index is 284. The Hall–Kier alpha value is -0.670. The van der Waals surface area contributed by atoms with Crippen LogP contribution in [0.1, 0.15) is 11.1 Å². The SMILES string of the molecule is Cc1ccccc1COS(C)=O. The molecule has 1 rings (SSSR count). The van der Waals surface area contributed by atoms with E-state index < -0.39 is 11.1 Å². The predicted octanol–water partition coefficient (Wildman–Crippen LogP) is 1.81. The van der Waals surface area contributed by atoms with Gasteiger partial charge < -0.3 is 0 Å². The summed E-state index contributed by atoms with van der Waals surface area (Å²) < 4.78 is 15.6. The highest BCUT2D eigenvalue weighted by Gasteiger charge is 1.97. The first-order valence-electron chi connectivity index (χ1n) is 3.71. The van der Waals surface area contributed by atoms with Crippen molar-refractivity contribution < 1.29 is 8.39 Å². The summed E-state index contributed by atoms with van der Waals surface area (Å²) >= 11 is -1.17. The summed E-state index contributed by atoms with van der Waals surface area (Å²) in [5.74, 6) is 0. The number of hydrogen-bond acceptors (Lipinski definition) is 2. The fraction of sp³-hybridized carbons (Fsp3) is 0.333. The van der Waals surface area contributed by atoms with Gasteiger partial charge in [0.1, 0.15) is 0 Å². The van der Waals surface area contributed by atoms with Crippen molar-refractivity contribution >= 4 is 11.1 Å². The van der Waals surface area contributed by atoms with Gasteiger partial charge in [0, 0.05) is 6.26 Å². The first kappa shape index (κ1) is 9.42. The second kappa shape index (κ2) is 4.38. The Morgan fingerprint density at radius 1 is 1.42 bits per heavy atom. The third kappa shape index (κ3) is 2.75. The van der Waals surface area contributed by atoms with E-state index in [-0.39, 0.29) is 0 Å². The van der Waals surface area contributed by atoms with Gasteiger partial charge in [-0.25, -0.2) is 4.21 Å². The molecule has 0 bridgehead atoms. The lowest BCUT2D eigenvalue weighted by Gasteiger charge is -2.03. The van der Waals surface area contributed by atoms with E-state index in [1.807, 2.05) is 31.2 Å². The summed E-state index contributed by atoms with van der Waals surface area (Å²) in [7, 11) is 0. The minimum atomic E-state index is -1.17. The van der Waals surface area contributed by atoms with E-state index >= 15 is 0 Å².